The standard InChI is InChI=1S/C16H21N3OS2/c1-2-21-14-5-3-4-12(9-14)18-16(20)19-13-6-7-15-11(8-13)10-17-22-15/h6-8,10,12,14H,2-5,9H2,1H3,(H2,18,19,20)/t12-,14-/m0/s1. The first-order valence-corrected chi connectivity index (χ1v) is 9.60. The highest BCUT2D eigenvalue weighted by molar-refractivity contribution is 7.99. The van der Waals surface area contributed by atoms with Crippen molar-refractivity contribution in [2.45, 2.75) is 43.9 Å². The minimum atomic E-state index is -0.102. The highest BCUT2D eigenvalue weighted by Crippen LogP contribution is 2.28. The second-order valence-corrected chi connectivity index (χ2v) is 8.03. The Morgan fingerprint density at radius 2 is 2.36 bits per heavy atom. The molecule has 6 heteroatoms. The summed E-state index contributed by atoms with van der Waals surface area (Å²) in [7, 11) is 0. The molecule has 0 unspecified atom stereocenters. The van der Waals surface area contributed by atoms with Gasteiger partial charge in [0.1, 0.15) is 0 Å². The van der Waals surface area contributed by atoms with Gasteiger partial charge >= 0.3 is 6.03 Å². The van der Waals surface area contributed by atoms with Gasteiger partial charge in [0.2, 0.25) is 0 Å². The number of urea groups is 1. The van der Waals surface area contributed by atoms with Crippen molar-refractivity contribution >= 4 is 45.1 Å². The van der Waals surface area contributed by atoms with E-state index < -0.39 is 0 Å². The minimum absolute atomic E-state index is 0.102. The van der Waals surface area contributed by atoms with Gasteiger partial charge in [-0.2, -0.15) is 16.1 Å². The third-order valence-corrected chi connectivity index (χ3v) is 5.99. The van der Waals surface area contributed by atoms with Crippen molar-refractivity contribution in [1.29, 1.82) is 0 Å². The first kappa shape index (κ1) is 15.6. The van der Waals surface area contributed by atoms with Crippen LogP contribution in [0.3, 0.4) is 0 Å². The Morgan fingerprint density at radius 1 is 1.45 bits per heavy atom. The van der Waals surface area contributed by atoms with Crippen LogP contribution in [0.2, 0.25) is 0 Å². The number of thioether (sulfide) groups is 1. The molecule has 3 rings (SSSR count). The van der Waals surface area contributed by atoms with Gasteiger partial charge in [-0.25, -0.2) is 4.79 Å². The van der Waals surface area contributed by atoms with E-state index in [1.54, 1.807) is 0 Å². The van der Waals surface area contributed by atoms with E-state index in [0.717, 1.165) is 34.4 Å². The monoisotopic (exact) mass is 335 g/mol. The number of nitrogens with one attached hydrogen (secondary N) is 2. The van der Waals surface area contributed by atoms with Crippen LogP contribution in [0.5, 0.6) is 0 Å². The van der Waals surface area contributed by atoms with Crippen LogP contribution < -0.4 is 10.6 Å². The van der Waals surface area contributed by atoms with Crippen LogP contribution >= 0.6 is 23.3 Å². The number of amides is 2. The SMILES string of the molecule is CCS[C@H]1CCC[C@H](NC(=O)Nc2ccc3sncc3c2)C1. The zero-order valence-corrected chi connectivity index (χ0v) is 14.3. The summed E-state index contributed by atoms with van der Waals surface area (Å²) in [5, 5.41) is 7.82. The number of nitrogens with zero attached hydrogens (tertiary/aromatic N) is 1. The quantitative estimate of drug-likeness (QED) is 0.866. The average Bonchev–Trinajstić information content (AvgIpc) is 2.95. The number of aromatic nitrogens is 1. The van der Waals surface area contributed by atoms with Gasteiger partial charge in [-0.3, -0.25) is 0 Å². The summed E-state index contributed by atoms with van der Waals surface area (Å²) in [5.41, 5.74) is 0.820. The predicted molar refractivity (Wildman–Crippen MR) is 96.0 cm³/mol. The number of hydrogen-bond acceptors (Lipinski definition) is 4. The maximum atomic E-state index is 12.2. The van der Waals surface area contributed by atoms with Crippen LogP contribution in [0, 0.1) is 0 Å². The summed E-state index contributed by atoms with van der Waals surface area (Å²) < 4.78 is 5.29. The lowest BCUT2D eigenvalue weighted by molar-refractivity contribution is 0.244. The van der Waals surface area contributed by atoms with E-state index in [0.29, 0.717) is 11.3 Å². The van der Waals surface area contributed by atoms with Crippen LogP contribution in [-0.4, -0.2) is 27.4 Å². The van der Waals surface area contributed by atoms with Crippen LogP contribution in [-0.2, 0) is 0 Å². The van der Waals surface area contributed by atoms with Gasteiger partial charge in [-0.15, -0.1) is 0 Å². The van der Waals surface area contributed by atoms with Crippen molar-refractivity contribution in [2.24, 2.45) is 0 Å². The third-order valence-electron chi connectivity index (χ3n) is 3.97. The summed E-state index contributed by atoms with van der Waals surface area (Å²) in [6.07, 6.45) is 6.48. The summed E-state index contributed by atoms with van der Waals surface area (Å²) in [6, 6.07) is 6.09. The van der Waals surface area contributed by atoms with Gasteiger partial charge in [-0.1, -0.05) is 13.3 Å². The molecule has 1 aliphatic rings. The maximum absolute atomic E-state index is 12.2. The van der Waals surface area contributed by atoms with Crippen LogP contribution in [0.25, 0.3) is 10.1 Å². The molecule has 2 aromatic rings. The molecule has 22 heavy (non-hydrogen) atoms. The molecule has 0 radical (unpaired) electrons. The molecule has 0 aliphatic heterocycles. The molecule has 0 saturated heterocycles. The van der Waals surface area contributed by atoms with Gasteiger partial charge < -0.3 is 10.6 Å². The number of benzene rings is 1. The van der Waals surface area contributed by atoms with Gasteiger partial charge in [-0.05, 0) is 54.7 Å². The lowest BCUT2D eigenvalue weighted by Crippen LogP contribution is -2.41. The lowest BCUT2D eigenvalue weighted by Gasteiger charge is -2.29. The topological polar surface area (TPSA) is 54.0 Å². The first-order chi connectivity index (χ1) is 10.7. The van der Waals surface area contributed by atoms with E-state index >= 15 is 0 Å². The van der Waals surface area contributed by atoms with E-state index in [1.807, 2.05) is 36.2 Å². The van der Waals surface area contributed by atoms with E-state index in [-0.39, 0.29) is 6.03 Å². The Kier molecular flexibility index (Phi) is 5.20. The summed E-state index contributed by atoms with van der Waals surface area (Å²) in [5.74, 6) is 1.15. The highest BCUT2D eigenvalue weighted by Gasteiger charge is 2.23. The number of hydrogen-bond donors (Lipinski definition) is 2. The third kappa shape index (κ3) is 3.93. The van der Waals surface area contributed by atoms with E-state index in [2.05, 4.69) is 21.9 Å². The molecule has 2 N–H and O–H groups in total. The molecule has 0 spiro atoms. The fraction of sp³-hybridized carbons (Fsp3) is 0.500. The van der Waals surface area contributed by atoms with E-state index in [9.17, 15) is 4.79 Å². The molecular weight excluding hydrogens is 314 g/mol. The Bertz CT molecular complexity index is 641. The Balaban J connectivity index is 1.55. The van der Waals surface area contributed by atoms with Crippen molar-refractivity contribution < 1.29 is 4.79 Å². The number of rotatable bonds is 4. The Morgan fingerprint density at radius 3 is 3.23 bits per heavy atom. The molecular formula is C16H21N3OS2. The molecule has 1 fully saturated rings. The fourth-order valence-corrected chi connectivity index (χ4v) is 4.76. The molecule has 1 saturated carbocycles. The molecule has 0 bridgehead atoms. The number of carbonyl (C=O) groups is 1. The van der Waals surface area contributed by atoms with Crippen molar-refractivity contribution in [1.82, 2.24) is 9.69 Å². The Hall–Kier alpha value is -1.27. The van der Waals surface area contributed by atoms with Gasteiger partial charge in [0.15, 0.2) is 0 Å². The normalized spacial score (nSPS) is 21.7. The molecule has 2 amide bonds. The average molecular weight is 335 g/mol. The molecule has 1 aromatic heterocycles. The van der Waals surface area contributed by atoms with Crippen LogP contribution in [0.4, 0.5) is 10.5 Å². The first-order valence-electron chi connectivity index (χ1n) is 7.78. The largest absolute Gasteiger partial charge is 0.335 e. The number of anilines is 1. The van der Waals surface area contributed by atoms with Gasteiger partial charge in [0.05, 0.1) is 4.70 Å². The molecule has 2 atom stereocenters. The zero-order valence-electron chi connectivity index (χ0n) is 12.7. The van der Waals surface area contributed by atoms with Gasteiger partial charge in [0.25, 0.3) is 0 Å². The van der Waals surface area contributed by atoms with Crippen LogP contribution in [0.15, 0.2) is 24.4 Å². The van der Waals surface area contributed by atoms with E-state index in [1.165, 1.54) is 24.4 Å². The summed E-state index contributed by atoms with van der Waals surface area (Å²) in [6.45, 7) is 2.20. The van der Waals surface area contributed by atoms with Crippen molar-refractivity contribution in [3.63, 3.8) is 0 Å². The fourth-order valence-electron chi connectivity index (χ4n) is 2.97. The molecule has 4 nitrogen and oxygen atoms in total. The number of fused-ring (bicyclic) bond motifs is 1. The molecule has 118 valence electrons. The van der Waals surface area contributed by atoms with Crippen molar-refractivity contribution in [3.8, 4) is 0 Å². The molecule has 1 aliphatic carbocycles. The van der Waals surface area contributed by atoms with Crippen molar-refractivity contribution in [2.75, 3.05) is 11.1 Å². The minimum Gasteiger partial charge on any atom is -0.335 e. The highest BCUT2D eigenvalue weighted by atomic mass is 32.2. The smallest absolute Gasteiger partial charge is 0.319 e. The summed E-state index contributed by atoms with van der Waals surface area (Å²) in [4.78, 5) is 12.2. The Labute approximate surface area is 139 Å². The maximum Gasteiger partial charge on any atom is 0.319 e. The molecule has 1 aromatic carbocycles. The summed E-state index contributed by atoms with van der Waals surface area (Å²) >= 11 is 3.48. The van der Waals surface area contributed by atoms with Crippen molar-refractivity contribution in [3.05, 3.63) is 24.4 Å². The number of carbonyl (C=O) groups excluding carboxylic acids is 1. The van der Waals surface area contributed by atoms with Gasteiger partial charge in [0, 0.05) is 28.6 Å². The van der Waals surface area contributed by atoms with Crippen LogP contribution in [0.1, 0.15) is 32.6 Å². The second kappa shape index (κ2) is 7.33. The second-order valence-electron chi connectivity index (χ2n) is 5.62. The molecule has 1 heterocycles. The lowest BCUT2D eigenvalue weighted by atomic mass is 9.95. The predicted octanol–water partition coefficient (Wildman–Crippen LogP) is 4.48. The van der Waals surface area contributed by atoms with E-state index in [4.69, 9.17) is 0 Å². The zero-order chi connectivity index (χ0) is 15.4.